The molecule has 1 fully saturated rings. The van der Waals surface area contributed by atoms with E-state index < -0.39 is 17.5 Å². The normalized spacial score (nSPS) is 27.1. The molecule has 1 aliphatic rings. The second-order valence-electron chi connectivity index (χ2n) is 5.46. The quantitative estimate of drug-likeness (QED) is 0.675. The van der Waals surface area contributed by atoms with Crippen molar-refractivity contribution >= 4 is 12.0 Å². The minimum Gasteiger partial charge on any atom is -0.480 e. The zero-order valence-electron chi connectivity index (χ0n) is 12.2. The predicted molar refractivity (Wildman–Crippen MR) is 77.2 cm³/mol. The van der Waals surface area contributed by atoms with Crippen molar-refractivity contribution in [2.24, 2.45) is 5.92 Å². The lowest BCUT2D eigenvalue weighted by Crippen LogP contribution is -2.59. The molecule has 1 saturated carbocycles. The smallest absolute Gasteiger partial charge is 0.329 e. The Hall–Kier alpha value is -1.70. The second kappa shape index (κ2) is 7.18. The SMILES string of the molecule is C#CC(CC)NC(=O)NC1(C(=O)O)CCC(CC)CC1. The Balaban J connectivity index is 2.67. The van der Waals surface area contributed by atoms with Crippen molar-refractivity contribution in [2.75, 3.05) is 0 Å². The molecule has 5 heteroatoms. The Morgan fingerprint density at radius 2 is 2.00 bits per heavy atom. The van der Waals surface area contributed by atoms with Crippen molar-refractivity contribution < 1.29 is 14.7 Å². The number of hydrogen-bond acceptors (Lipinski definition) is 2. The summed E-state index contributed by atoms with van der Waals surface area (Å²) in [5, 5.41) is 14.7. The number of carboxylic acid groups (broad SMARTS) is 1. The molecule has 0 saturated heterocycles. The first-order chi connectivity index (χ1) is 9.47. The summed E-state index contributed by atoms with van der Waals surface area (Å²) >= 11 is 0. The number of amides is 2. The van der Waals surface area contributed by atoms with E-state index in [9.17, 15) is 14.7 Å². The molecule has 1 rings (SSSR count). The van der Waals surface area contributed by atoms with Gasteiger partial charge in [0, 0.05) is 0 Å². The molecule has 0 aromatic carbocycles. The van der Waals surface area contributed by atoms with E-state index >= 15 is 0 Å². The highest BCUT2D eigenvalue weighted by Gasteiger charge is 2.43. The van der Waals surface area contributed by atoms with E-state index in [1.54, 1.807) is 0 Å². The van der Waals surface area contributed by atoms with Crippen molar-refractivity contribution in [3.05, 3.63) is 0 Å². The Morgan fingerprint density at radius 3 is 2.40 bits per heavy atom. The molecule has 0 bridgehead atoms. The van der Waals surface area contributed by atoms with Gasteiger partial charge in [0.1, 0.15) is 5.54 Å². The van der Waals surface area contributed by atoms with Gasteiger partial charge in [-0.3, -0.25) is 0 Å². The number of nitrogens with one attached hydrogen (secondary N) is 2. The van der Waals surface area contributed by atoms with Crippen molar-refractivity contribution in [3.8, 4) is 12.3 Å². The molecule has 1 atom stereocenters. The maximum Gasteiger partial charge on any atom is 0.329 e. The van der Waals surface area contributed by atoms with Crippen LogP contribution >= 0.6 is 0 Å². The van der Waals surface area contributed by atoms with E-state index in [-0.39, 0.29) is 6.04 Å². The monoisotopic (exact) mass is 280 g/mol. The molecule has 0 radical (unpaired) electrons. The number of hydrogen-bond donors (Lipinski definition) is 3. The van der Waals surface area contributed by atoms with Crippen LogP contribution in [-0.4, -0.2) is 28.7 Å². The van der Waals surface area contributed by atoms with Gasteiger partial charge in [0.25, 0.3) is 0 Å². The summed E-state index contributed by atoms with van der Waals surface area (Å²) in [6, 6.07) is -0.861. The van der Waals surface area contributed by atoms with Crippen LogP contribution in [0.5, 0.6) is 0 Å². The largest absolute Gasteiger partial charge is 0.480 e. The van der Waals surface area contributed by atoms with Gasteiger partial charge in [-0.15, -0.1) is 6.42 Å². The van der Waals surface area contributed by atoms with E-state index in [1.807, 2.05) is 6.92 Å². The van der Waals surface area contributed by atoms with E-state index in [0.717, 1.165) is 19.3 Å². The molecule has 1 unspecified atom stereocenters. The molecule has 3 N–H and O–H groups in total. The Kier molecular flexibility index (Phi) is 5.87. The average Bonchev–Trinajstić information content (AvgIpc) is 2.45. The molecule has 0 aliphatic heterocycles. The summed E-state index contributed by atoms with van der Waals surface area (Å²) < 4.78 is 0. The standard InChI is InChI=1S/C15H24N2O3/c1-4-11-7-9-15(10-8-11,13(18)19)17-14(20)16-12(5-2)6-3/h2,11-12H,4,6-10H2,1,3H3,(H,18,19)(H2,16,17,20). The van der Waals surface area contributed by atoms with Crippen LogP contribution in [0.2, 0.25) is 0 Å². The van der Waals surface area contributed by atoms with Gasteiger partial charge in [-0.2, -0.15) is 0 Å². The van der Waals surface area contributed by atoms with Gasteiger partial charge in [0.15, 0.2) is 0 Å². The highest BCUT2D eigenvalue weighted by molar-refractivity contribution is 5.86. The van der Waals surface area contributed by atoms with E-state index in [0.29, 0.717) is 25.2 Å². The zero-order valence-corrected chi connectivity index (χ0v) is 12.2. The molecule has 2 amide bonds. The van der Waals surface area contributed by atoms with Crippen LogP contribution in [0.4, 0.5) is 4.79 Å². The molecule has 0 aromatic heterocycles. The first-order valence-electron chi connectivity index (χ1n) is 7.25. The summed E-state index contributed by atoms with van der Waals surface area (Å²) in [5.74, 6) is 2.05. The Morgan fingerprint density at radius 1 is 1.40 bits per heavy atom. The number of urea groups is 1. The first-order valence-corrected chi connectivity index (χ1v) is 7.25. The third kappa shape index (κ3) is 3.89. The highest BCUT2D eigenvalue weighted by atomic mass is 16.4. The summed E-state index contributed by atoms with van der Waals surface area (Å²) in [6.07, 6.45) is 9.55. The van der Waals surface area contributed by atoms with Gasteiger partial charge >= 0.3 is 12.0 Å². The molecular formula is C15H24N2O3. The maximum atomic E-state index is 11.9. The fourth-order valence-corrected chi connectivity index (χ4v) is 2.64. The molecule has 20 heavy (non-hydrogen) atoms. The molecular weight excluding hydrogens is 256 g/mol. The Labute approximate surface area is 120 Å². The molecule has 1 aliphatic carbocycles. The van der Waals surface area contributed by atoms with Crippen LogP contribution in [0.25, 0.3) is 0 Å². The number of carbonyl (C=O) groups excluding carboxylic acids is 1. The third-order valence-corrected chi connectivity index (χ3v) is 4.21. The van der Waals surface area contributed by atoms with Gasteiger partial charge in [-0.05, 0) is 38.0 Å². The summed E-state index contributed by atoms with van der Waals surface area (Å²) in [7, 11) is 0. The number of carboxylic acids is 1. The van der Waals surface area contributed by atoms with Gasteiger partial charge < -0.3 is 15.7 Å². The van der Waals surface area contributed by atoms with E-state index in [1.165, 1.54) is 0 Å². The molecule has 112 valence electrons. The molecule has 5 nitrogen and oxygen atoms in total. The number of terminal acetylenes is 1. The van der Waals surface area contributed by atoms with Crippen LogP contribution in [0.3, 0.4) is 0 Å². The second-order valence-corrected chi connectivity index (χ2v) is 5.46. The minimum absolute atomic E-state index is 0.368. The number of carbonyl (C=O) groups is 2. The van der Waals surface area contributed by atoms with Gasteiger partial charge in [-0.25, -0.2) is 9.59 Å². The third-order valence-electron chi connectivity index (χ3n) is 4.21. The minimum atomic E-state index is -1.15. The summed E-state index contributed by atoms with van der Waals surface area (Å²) in [6.45, 7) is 3.97. The fraction of sp³-hybridized carbons (Fsp3) is 0.733. The van der Waals surface area contributed by atoms with Crippen molar-refractivity contribution in [2.45, 2.75) is 64.0 Å². The van der Waals surface area contributed by atoms with Crippen LogP contribution in [0, 0.1) is 18.3 Å². The lowest BCUT2D eigenvalue weighted by molar-refractivity contribution is -0.146. The van der Waals surface area contributed by atoms with E-state index in [4.69, 9.17) is 6.42 Å². The maximum absolute atomic E-state index is 11.9. The van der Waals surface area contributed by atoms with Gasteiger partial charge in [0.2, 0.25) is 0 Å². The average molecular weight is 280 g/mol. The molecule has 0 spiro atoms. The van der Waals surface area contributed by atoms with E-state index in [2.05, 4.69) is 23.5 Å². The number of aliphatic carboxylic acids is 1. The Bertz CT molecular complexity index is 392. The zero-order chi connectivity index (χ0) is 15.2. The summed E-state index contributed by atoms with van der Waals surface area (Å²) in [5.41, 5.74) is -1.15. The van der Waals surface area contributed by atoms with Crippen LogP contribution in [0.1, 0.15) is 52.4 Å². The van der Waals surface area contributed by atoms with Gasteiger partial charge in [-0.1, -0.05) is 26.2 Å². The van der Waals surface area contributed by atoms with Crippen LogP contribution in [-0.2, 0) is 4.79 Å². The van der Waals surface area contributed by atoms with Gasteiger partial charge in [0.05, 0.1) is 6.04 Å². The topological polar surface area (TPSA) is 78.4 Å². The van der Waals surface area contributed by atoms with Crippen LogP contribution in [0.15, 0.2) is 0 Å². The molecule has 0 aromatic rings. The van der Waals surface area contributed by atoms with Crippen LogP contribution < -0.4 is 10.6 Å². The highest BCUT2D eigenvalue weighted by Crippen LogP contribution is 2.33. The van der Waals surface area contributed by atoms with Crippen molar-refractivity contribution in [1.29, 1.82) is 0 Å². The lowest BCUT2D eigenvalue weighted by atomic mass is 9.75. The first kappa shape index (κ1) is 16.4. The fourth-order valence-electron chi connectivity index (χ4n) is 2.64. The van der Waals surface area contributed by atoms with Crippen molar-refractivity contribution in [1.82, 2.24) is 10.6 Å². The molecule has 0 heterocycles. The summed E-state index contributed by atoms with van der Waals surface area (Å²) in [4.78, 5) is 23.5. The lowest BCUT2D eigenvalue weighted by Gasteiger charge is -2.37. The number of rotatable bonds is 5. The predicted octanol–water partition coefficient (Wildman–Crippen LogP) is 2.12. The van der Waals surface area contributed by atoms with Crippen molar-refractivity contribution in [3.63, 3.8) is 0 Å².